The van der Waals surface area contributed by atoms with Crippen molar-refractivity contribution in [1.82, 2.24) is 4.90 Å². The maximum Gasteiger partial charge on any atom is 0.328 e. The molecule has 3 aliphatic rings. The fraction of sp³-hybridized carbons (Fsp3) is 0.720. The lowest BCUT2D eigenvalue weighted by Crippen LogP contribution is -2.35. The van der Waals surface area contributed by atoms with Crippen LogP contribution in [0.4, 0.5) is 0 Å². The third-order valence-corrected chi connectivity index (χ3v) is 6.76. The van der Waals surface area contributed by atoms with Gasteiger partial charge in [0.15, 0.2) is 0 Å². The average molecular weight is 466 g/mol. The highest BCUT2D eigenvalue weighted by Crippen LogP contribution is 2.50. The molecule has 8 heteroatoms. The topological polar surface area (TPSA) is 117 Å². The lowest BCUT2D eigenvalue weighted by molar-refractivity contribution is -0.145. The zero-order valence-electron chi connectivity index (χ0n) is 20.3. The second kappa shape index (κ2) is 12.3. The Morgan fingerprint density at radius 1 is 1.24 bits per heavy atom. The van der Waals surface area contributed by atoms with Gasteiger partial charge in [-0.1, -0.05) is 31.4 Å². The smallest absolute Gasteiger partial charge is 0.328 e. The molecule has 2 heterocycles. The Morgan fingerprint density at radius 2 is 1.91 bits per heavy atom. The molecule has 3 rings (SSSR count). The summed E-state index contributed by atoms with van der Waals surface area (Å²) in [7, 11) is 2.14. The molecule has 2 N–H and O–H groups in total. The number of hydrogen-bond acceptors (Lipinski definition) is 6. The van der Waals surface area contributed by atoms with E-state index in [-0.39, 0.29) is 35.6 Å². The van der Waals surface area contributed by atoms with Crippen molar-refractivity contribution in [3.63, 3.8) is 0 Å². The summed E-state index contributed by atoms with van der Waals surface area (Å²) in [5.74, 6) is -2.23. The minimum absolute atomic E-state index is 0.00250. The summed E-state index contributed by atoms with van der Waals surface area (Å²) in [5, 5.41) is 15.6. The van der Waals surface area contributed by atoms with Crippen LogP contribution in [0.3, 0.4) is 0 Å². The number of epoxide rings is 1. The van der Waals surface area contributed by atoms with Gasteiger partial charge in [-0.2, -0.15) is 0 Å². The van der Waals surface area contributed by atoms with Crippen LogP contribution in [-0.2, 0) is 23.9 Å². The largest absolute Gasteiger partial charge is 0.478 e. The van der Waals surface area contributed by atoms with Gasteiger partial charge in [0, 0.05) is 24.6 Å². The third kappa shape index (κ3) is 8.27. The van der Waals surface area contributed by atoms with Gasteiger partial charge >= 0.3 is 17.9 Å². The predicted octanol–water partition coefficient (Wildman–Crippen LogP) is 3.66. The van der Waals surface area contributed by atoms with E-state index in [2.05, 4.69) is 38.8 Å². The Morgan fingerprint density at radius 3 is 2.52 bits per heavy atom. The van der Waals surface area contributed by atoms with Crippen LogP contribution in [0.25, 0.3) is 0 Å². The van der Waals surface area contributed by atoms with Gasteiger partial charge < -0.3 is 24.6 Å². The number of hydrogen-bond donors (Lipinski definition) is 2. The van der Waals surface area contributed by atoms with E-state index in [0.717, 1.165) is 38.8 Å². The predicted molar refractivity (Wildman–Crippen MR) is 124 cm³/mol. The molecule has 0 saturated carbocycles. The first-order chi connectivity index (χ1) is 15.6. The highest BCUT2D eigenvalue weighted by molar-refractivity contribution is 5.89. The third-order valence-electron chi connectivity index (χ3n) is 6.76. The van der Waals surface area contributed by atoms with Gasteiger partial charge in [0.05, 0.1) is 11.5 Å². The summed E-state index contributed by atoms with van der Waals surface area (Å²) in [6, 6.07) is 0. The lowest BCUT2D eigenvalue weighted by atomic mass is 9.80. The molecule has 5 atom stereocenters. The fourth-order valence-corrected chi connectivity index (χ4v) is 4.75. The summed E-state index contributed by atoms with van der Waals surface area (Å²) in [4.78, 5) is 34.1. The van der Waals surface area contributed by atoms with Crippen molar-refractivity contribution < 1.29 is 34.1 Å². The minimum Gasteiger partial charge on any atom is -0.478 e. The quantitative estimate of drug-likeness (QED) is 0.183. The molecule has 8 nitrogen and oxygen atoms in total. The average Bonchev–Trinajstić information content (AvgIpc) is 3.31. The van der Waals surface area contributed by atoms with Gasteiger partial charge in [-0.15, -0.1) is 0 Å². The van der Waals surface area contributed by atoms with Crippen LogP contribution in [0.2, 0.25) is 0 Å². The van der Waals surface area contributed by atoms with Crippen LogP contribution in [0, 0.1) is 11.8 Å². The summed E-state index contributed by atoms with van der Waals surface area (Å²) < 4.78 is 11.9. The fourth-order valence-electron chi connectivity index (χ4n) is 4.75. The molecule has 0 aromatic heterocycles. The number of unbranched alkanes of at least 4 members (excludes halogenated alkanes) is 2. The zero-order chi connectivity index (χ0) is 24.6. The maximum atomic E-state index is 12.6. The van der Waals surface area contributed by atoms with Crippen molar-refractivity contribution >= 4 is 17.9 Å². The zero-order valence-corrected chi connectivity index (χ0v) is 20.3. The monoisotopic (exact) mass is 465 g/mol. The number of carbonyl (C=O) groups is 3. The van der Waals surface area contributed by atoms with E-state index in [9.17, 15) is 14.4 Å². The van der Waals surface area contributed by atoms with Gasteiger partial charge in [-0.25, -0.2) is 9.59 Å². The van der Waals surface area contributed by atoms with Gasteiger partial charge in [-0.3, -0.25) is 4.79 Å². The lowest BCUT2D eigenvalue weighted by Gasteiger charge is -2.25. The van der Waals surface area contributed by atoms with E-state index in [0.29, 0.717) is 12.2 Å². The molecule has 0 spiro atoms. The molecule has 186 valence electrons. The van der Waals surface area contributed by atoms with Crippen molar-refractivity contribution in [2.45, 2.75) is 83.5 Å². The standard InChI is InChI=1S/C21H35NO3.C4H4O4/c1-5-6-7-13-22(4)14-17-16-11-10-15(2)9-8-12-21(3)19(25-21)18(16)24-20(17)23;5-3(6)1-2-4(7)8/h9,16-19H,5-8,10-14H2,1-4H3;1-2H,(H,5,6)(H,7,8)/b15-9-;2-1+/t16-,17-,18-,19-,21+;/m0./s1. The Kier molecular flexibility index (Phi) is 10.1. The molecule has 2 saturated heterocycles. The number of carboxylic acid groups (broad SMARTS) is 2. The Bertz CT molecular complexity index is 746. The van der Waals surface area contributed by atoms with Crippen molar-refractivity contribution in [3.8, 4) is 0 Å². The van der Waals surface area contributed by atoms with Crippen LogP contribution in [0.15, 0.2) is 23.8 Å². The van der Waals surface area contributed by atoms with Crippen LogP contribution in [-0.4, -0.2) is 71.0 Å². The van der Waals surface area contributed by atoms with Crippen molar-refractivity contribution in [3.05, 3.63) is 23.8 Å². The molecule has 0 unspecified atom stereocenters. The van der Waals surface area contributed by atoms with Crippen LogP contribution in [0.1, 0.15) is 65.7 Å². The SMILES string of the molecule is CCCCCN(C)C[C@@H]1C(=O)O[C@H]2[C@H]1CC/C(C)=C\CC[C@@]1(C)O[C@@H]21.O=C(O)/C=C/C(=O)O. The molecule has 0 aromatic carbocycles. The van der Waals surface area contributed by atoms with Gasteiger partial charge in [0.1, 0.15) is 12.2 Å². The van der Waals surface area contributed by atoms with E-state index >= 15 is 0 Å². The van der Waals surface area contributed by atoms with E-state index in [1.807, 2.05) is 0 Å². The Labute approximate surface area is 196 Å². The Hall–Kier alpha value is -2.19. The van der Waals surface area contributed by atoms with E-state index < -0.39 is 11.9 Å². The maximum absolute atomic E-state index is 12.6. The number of nitrogens with zero attached hydrogens (tertiary/aromatic N) is 1. The minimum atomic E-state index is -1.26. The van der Waals surface area contributed by atoms with Gasteiger partial charge in [-0.05, 0) is 59.5 Å². The normalized spacial score (nSPS) is 32.6. The summed E-state index contributed by atoms with van der Waals surface area (Å²) >= 11 is 0. The Balaban J connectivity index is 0.000000414. The highest BCUT2D eigenvalue weighted by Gasteiger charge is 2.62. The van der Waals surface area contributed by atoms with E-state index in [4.69, 9.17) is 19.7 Å². The molecule has 0 radical (unpaired) electrons. The molecule has 2 aliphatic heterocycles. The second-order valence-corrected chi connectivity index (χ2v) is 9.63. The summed E-state index contributed by atoms with van der Waals surface area (Å²) in [5.41, 5.74) is 1.34. The molecule has 1 aliphatic carbocycles. The van der Waals surface area contributed by atoms with Crippen LogP contribution in [0.5, 0.6) is 0 Å². The first-order valence-electron chi connectivity index (χ1n) is 11.9. The van der Waals surface area contributed by atoms with Crippen LogP contribution < -0.4 is 0 Å². The van der Waals surface area contributed by atoms with Crippen molar-refractivity contribution in [1.29, 1.82) is 0 Å². The summed E-state index contributed by atoms with van der Waals surface area (Å²) in [6.07, 6.45) is 11.4. The van der Waals surface area contributed by atoms with Gasteiger partial charge in [0.2, 0.25) is 0 Å². The molecule has 33 heavy (non-hydrogen) atoms. The highest BCUT2D eigenvalue weighted by atomic mass is 16.6. The van der Waals surface area contributed by atoms with Gasteiger partial charge in [0.25, 0.3) is 0 Å². The number of rotatable bonds is 8. The second-order valence-electron chi connectivity index (χ2n) is 9.63. The summed E-state index contributed by atoms with van der Waals surface area (Å²) in [6.45, 7) is 8.49. The van der Waals surface area contributed by atoms with Crippen LogP contribution >= 0.6 is 0 Å². The number of fused-ring (bicyclic) bond motifs is 3. The number of ether oxygens (including phenoxy) is 2. The van der Waals surface area contributed by atoms with E-state index in [1.54, 1.807) is 0 Å². The number of allylic oxidation sites excluding steroid dienone is 2. The molecular formula is C25H39NO7. The van der Waals surface area contributed by atoms with Crippen molar-refractivity contribution in [2.75, 3.05) is 20.1 Å². The first kappa shape index (κ1) is 27.1. The molecule has 0 bridgehead atoms. The first-order valence-corrected chi connectivity index (χ1v) is 11.9. The number of esters is 1. The molecule has 0 aromatic rings. The molecular weight excluding hydrogens is 426 g/mol. The molecule has 0 amide bonds. The van der Waals surface area contributed by atoms with E-state index in [1.165, 1.54) is 24.8 Å². The molecule has 2 fully saturated rings. The number of aliphatic carboxylic acids is 2. The number of carbonyl (C=O) groups excluding carboxylic acids is 1. The van der Waals surface area contributed by atoms with Crippen molar-refractivity contribution in [2.24, 2.45) is 11.8 Å². The number of carboxylic acids is 2.